The molecule has 1 aliphatic carbocycles. The molecule has 0 heterocycles. The van der Waals surface area contributed by atoms with Gasteiger partial charge in [-0.3, -0.25) is 4.79 Å². The number of halogens is 4. The summed E-state index contributed by atoms with van der Waals surface area (Å²) in [5.41, 5.74) is -0.907. The summed E-state index contributed by atoms with van der Waals surface area (Å²) in [5, 5.41) is 12.0. The molecule has 0 aliphatic heterocycles. The lowest BCUT2D eigenvalue weighted by Crippen LogP contribution is -2.34. The van der Waals surface area contributed by atoms with Gasteiger partial charge in [-0.05, 0) is 43.4 Å². The maximum absolute atomic E-state index is 13.2. The number of hydrogen-bond acceptors (Lipinski definition) is 2. The molecule has 22 heavy (non-hydrogen) atoms. The molecule has 0 amide bonds. The van der Waals surface area contributed by atoms with E-state index in [1.165, 1.54) is 6.07 Å². The second kappa shape index (κ2) is 6.64. The van der Waals surface area contributed by atoms with Crippen molar-refractivity contribution in [1.82, 2.24) is 5.32 Å². The van der Waals surface area contributed by atoms with Crippen LogP contribution in [0.5, 0.6) is 0 Å². The number of alkyl halides is 3. The molecule has 0 saturated heterocycles. The van der Waals surface area contributed by atoms with Gasteiger partial charge in [-0.1, -0.05) is 6.07 Å². The molecule has 1 aromatic carbocycles. The highest BCUT2D eigenvalue weighted by atomic mass is 19.4. The van der Waals surface area contributed by atoms with Crippen LogP contribution in [-0.2, 0) is 17.5 Å². The predicted octanol–water partition coefficient (Wildman–Crippen LogP) is 3.58. The van der Waals surface area contributed by atoms with Gasteiger partial charge in [-0.2, -0.15) is 13.2 Å². The Labute approximate surface area is 125 Å². The van der Waals surface area contributed by atoms with Crippen molar-refractivity contribution >= 4 is 5.97 Å². The summed E-state index contributed by atoms with van der Waals surface area (Å²) in [5.74, 6) is -2.41. The zero-order valence-corrected chi connectivity index (χ0v) is 11.8. The van der Waals surface area contributed by atoms with Crippen molar-refractivity contribution < 1.29 is 27.5 Å². The Balaban J connectivity index is 1.92. The predicted molar refractivity (Wildman–Crippen MR) is 71.6 cm³/mol. The Morgan fingerprint density at radius 1 is 1.23 bits per heavy atom. The number of aliphatic carboxylic acids is 1. The van der Waals surface area contributed by atoms with E-state index in [0.29, 0.717) is 31.2 Å². The average molecular weight is 319 g/mol. The third kappa shape index (κ3) is 4.19. The van der Waals surface area contributed by atoms with Crippen LogP contribution < -0.4 is 5.32 Å². The zero-order valence-electron chi connectivity index (χ0n) is 11.8. The van der Waals surface area contributed by atoms with Gasteiger partial charge in [0.1, 0.15) is 5.82 Å². The first-order valence-electron chi connectivity index (χ1n) is 7.09. The molecule has 0 atom stereocenters. The second-order valence-corrected chi connectivity index (χ2v) is 5.58. The molecule has 1 aliphatic rings. The highest BCUT2D eigenvalue weighted by Crippen LogP contribution is 2.32. The van der Waals surface area contributed by atoms with Gasteiger partial charge in [0, 0.05) is 12.6 Å². The van der Waals surface area contributed by atoms with E-state index >= 15 is 0 Å². The first-order valence-corrected chi connectivity index (χ1v) is 7.09. The molecule has 122 valence electrons. The van der Waals surface area contributed by atoms with E-state index < -0.39 is 23.5 Å². The molecule has 3 nitrogen and oxygen atoms in total. The van der Waals surface area contributed by atoms with E-state index in [1.54, 1.807) is 0 Å². The van der Waals surface area contributed by atoms with Crippen molar-refractivity contribution in [1.29, 1.82) is 0 Å². The molecule has 0 aromatic heterocycles. The summed E-state index contributed by atoms with van der Waals surface area (Å²) in [7, 11) is 0. The number of carboxylic acid groups (broad SMARTS) is 1. The summed E-state index contributed by atoms with van der Waals surface area (Å²) in [6.07, 6.45) is -2.25. The fourth-order valence-corrected chi connectivity index (χ4v) is 2.71. The van der Waals surface area contributed by atoms with Gasteiger partial charge in [-0.15, -0.1) is 0 Å². The summed E-state index contributed by atoms with van der Waals surface area (Å²) in [4.78, 5) is 10.8. The number of carboxylic acids is 1. The fourth-order valence-electron chi connectivity index (χ4n) is 2.71. The zero-order chi connectivity index (χ0) is 16.3. The Morgan fingerprint density at radius 3 is 2.41 bits per heavy atom. The van der Waals surface area contributed by atoms with E-state index in [9.17, 15) is 22.4 Å². The Kier molecular flexibility index (Phi) is 5.05. The molecule has 7 heteroatoms. The maximum Gasteiger partial charge on any atom is 0.419 e. The number of carbonyl (C=O) groups is 1. The topological polar surface area (TPSA) is 49.3 Å². The summed E-state index contributed by atoms with van der Waals surface area (Å²) in [6, 6.07) is 3.03. The van der Waals surface area contributed by atoms with Crippen molar-refractivity contribution in [2.45, 2.75) is 44.4 Å². The molecular formula is C15H17F4NO2. The third-order valence-corrected chi connectivity index (χ3v) is 4.01. The van der Waals surface area contributed by atoms with E-state index in [-0.39, 0.29) is 18.5 Å². The summed E-state index contributed by atoms with van der Waals surface area (Å²) >= 11 is 0. The average Bonchev–Trinajstić information content (AvgIpc) is 2.45. The summed E-state index contributed by atoms with van der Waals surface area (Å²) in [6.45, 7) is 0.200. The van der Waals surface area contributed by atoms with Gasteiger partial charge in [0.2, 0.25) is 0 Å². The smallest absolute Gasteiger partial charge is 0.419 e. The number of nitrogens with one attached hydrogen (secondary N) is 1. The van der Waals surface area contributed by atoms with Crippen LogP contribution in [0.1, 0.15) is 36.8 Å². The van der Waals surface area contributed by atoms with Gasteiger partial charge in [0.05, 0.1) is 11.5 Å². The molecule has 0 bridgehead atoms. The lowest BCUT2D eigenvalue weighted by Gasteiger charge is -2.27. The lowest BCUT2D eigenvalue weighted by molar-refractivity contribution is -0.143. The van der Waals surface area contributed by atoms with Crippen LogP contribution in [0, 0.1) is 11.7 Å². The van der Waals surface area contributed by atoms with Crippen LogP contribution in [0.15, 0.2) is 18.2 Å². The van der Waals surface area contributed by atoms with E-state index in [1.807, 2.05) is 0 Å². The van der Waals surface area contributed by atoms with Crippen molar-refractivity contribution in [3.63, 3.8) is 0 Å². The molecule has 0 unspecified atom stereocenters. The molecule has 1 saturated carbocycles. The van der Waals surface area contributed by atoms with Crippen molar-refractivity contribution in [2.24, 2.45) is 5.92 Å². The first-order chi connectivity index (χ1) is 10.3. The maximum atomic E-state index is 13.2. The number of benzene rings is 1. The Bertz CT molecular complexity index is 537. The van der Waals surface area contributed by atoms with Gasteiger partial charge < -0.3 is 10.4 Å². The number of rotatable bonds is 4. The van der Waals surface area contributed by atoms with E-state index in [2.05, 4.69) is 5.32 Å². The van der Waals surface area contributed by atoms with Gasteiger partial charge in [0.25, 0.3) is 0 Å². The summed E-state index contributed by atoms with van der Waals surface area (Å²) < 4.78 is 51.1. The SMILES string of the molecule is O=C(O)C1CCC(NCc2ccc(F)c(C(F)(F)F)c2)CC1. The van der Waals surface area contributed by atoms with Crippen LogP contribution >= 0.6 is 0 Å². The minimum Gasteiger partial charge on any atom is -0.481 e. The van der Waals surface area contributed by atoms with Crippen LogP contribution in [0.2, 0.25) is 0 Å². The lowest BCUT2D eigenvalue weighted by atomic mass is 9.86. The molecular weight excluding hydrogens is 302 g/mol. The monoisotopic (exact) mass is 319 g/mol. The normalized spacial score (nSPS) is 22.5. The first kappa shape index (κ1) is 16.7. The Hall–Kier alpha value is -1.63. The van der Waals surface area contributed by atoms with Gasteiger partial charge in [-0.25, -0.2) is 4.39 Å². The highest BCUT2D eigenvalue weighted by molar-refractivity contribution is 5.70. The molecule has 1 aromatic rings. The number of hydrogen-bond donors (Lipinski definition) is 2. The van der Waals surface area contributed by atoms with Crippen molar-refractivity contribution in [2.75, 3.05) is 0 Å². The van der Waals surface area contributed by atoms with Crippen LogP contribution in [0.4, 0.5) is 17.6 Å². The van der Waals surface area contributed by atoms with Crippen LogP contribution in [0.25, 0.3) is 0 Å². The molecule has 0 radical (unpaired) electrons. The molecule has 2 N–H and O–H groups in total. The third-order valence-electron chi connectivity index (χ3n) is 4.01. The minimum absolute atomic E-state index is 0.0787. The van der Waals surface area contributed by atoms with Gasteiger partial charge in [0.15, 0.2) is 0 Å². The van der Waals surface area contributed by atoms with Gasteiger partial charge >= 0.3 is 12.1 Å². The second-order valence-electron chi connectivity index (χ2n) is 5.58. The largest absolute Gasteiger partial charge is 0.481 e. The molecule has 1 fully saturated rings. The molecule has 0 spiro atoms. The van der Waals surface area contributed by atoms with E-state index in [0.717, 1.165) is 12.1 Å². The minimum atomic E-state index is -4.71. The quantitative estimate of drug-likeness (QED) is 0.834. The van der Waals surface area contributed by atoms with Crippen molar-refractivity contribution in [3.8, 4) is 0 Å². The standard InChI is InChI=1S/C15H17F4NO2/c16-13-6-1-9(7-12(13)15(17,18)19)8-20-11-4-2-10(3-5-11)14(21)22/h1,6-7,10-11,20H,2-5,8H2,(H,21,22). The molecule has 2 rings (SSSR count). The Morgan fingerprint density at radius 2 is 1.86 bits per heavy atom. The van der Waals surface area contributed by atoms with E-state index in [4.69, 9.17) is 5.11 Å². The van der Waals surface area contributed by atoms with Crippen LogP contribution in [0.3, 0.4) is 0 Å². The van der Waals surface area contributed by atoms with Crippen LogP contribution in [-0.4, -0.2) is 17.1 Å². The highest BCUT2D eigenvalue weighted by Gasteiger charge is 2.34. The fraction of sp³-hybridized carbons (Fsp3) is 0.533. The van der Waals surface area contributed by atoms with Crippen molar-refractivity contribution in [3.05, 3.63) is 35.1 Å².